The molecule has 0 bridgehead atoms. The zero-order chi connectivity index (χ0) is 12.8. The van der Waals surface area contributed by atoms with E-state index in [-0.39, 0.29) is 13.2 Å². The first-order chi connectivity index (χ1) is 8.65. The van der Waals surface area contributed by atoms with Crippen molar-refractivity contribution in [2.24, 2.45) is 0 Å². The average Bonchev–Trinajstić information content (AvgIpc) is 2.93. The van der Waals surface area contributed by atoms with Gasteiger partial charge in [0.05, 0.1) is 20.3 Å². The molecule has 2 aliphatic heterocycles. The van der Waals surface area contributed by atoms with Gasteiger partial charge in [0.25, 0.3) is 0 Å². The molecule has 0 amide bonds. The van der Waals surface area contributed by atoms with Gasteiger partial charge in [-0.25, -0.2) is 0 Å². The Balaban J connectivity index is 1.90. The van der Waals surface area contributed by atoms with Crippen LogP contribution in [-0.4, -0.2) is 48.8 Å². The van der Waals surface area contributed by atoms with Crippen LogP contribution in [0.15, 0.2) is 24.3 Å². The highest BCUT2D eigenvalue weighted by atomic mass is 16.6. The summed E-state index contributed by atoms with van der Waals surface area (Å²) in [5, 5.41) is 20.4. The number of methoxy groups -OCH3 is 1. The Morgan fingerprint density at radius 3 is 2.67 bits per heavy atom. The number of rotatable bonds is 2. The molecule has 5 heteroatoms. The molecule has 98 valence electrons. The van der Waals surface area contributed by atoms with Crippen molar-refractivity contribution in [1.82, 2.24) is 0 Å². The molecular formula is C13H16O5. The molecule has 1 aromatic carbocycles. The van der Waals surface area contributed by atoms with Crippen molar-refractivity contribution in [1.29, 1.82) is 0 Å². The first-order valence-corrected chi connectivity index (χ1v) is 5.93. The van der Waals surface area contributed by atoms with E-state index < -0.39 is 23.9 Å². The molecule has 2 heterocycles. The van der Waals surface area contributed by atoms with Gasteiger partial charge in [0.2, 0.25) is 0 Å². The van der Waals surface area contributed by atoms with Crippen LogP contribution in [0.4, 0.5) is 0 Å². The largest absolute Gasteiger partial charge is 0.497 e. The van der Waals surface area contributed by atoms with Gasteiger partial charge in [0.1, 0.15) is 29.7 Å². The maximum Gasteiger partial charge on any atom is 0.141 e. The highest BCUT2D eigenvalue weighted by molar-refractivity contribution is 5.33. The third kappa shape index (κ3) is 1.63. The van der Waals surface area contributed by atoms with Crippen LogP contribution in [0.3, 0.4) is 0 Å². The standard InChI is InChI=1S/C13H16O5/c1-16-9-4-2-8(3-5-9)13(15)7-18-11-10(14)6-17-12(11)13/h2-5,10-12,14-15H,6-7H2,1H3/t10-,11+,12-,13-/m0/s1. The van der Waals surface area contributed by atoms with Gasteiger partial charge < -0.3 is 24.4 Å². The van der Waals surface area contributed by atoms with Crippen LogP contribution in [0.25, 0.3) is 0 Å². The van der Waals surface area contributed by atoms with E-state index in [1.165, 1.54) is 0 Å². The first kappa shape index (κ1) is 11.9. The molecule has 5 nitrogen and oxygen atoms in total. The highest BCUT2D eigenvalue weighted by Crippen LogP contribution is 2.41. The second-order valence-corrected chi connectivity index (χ2v) is 4.75. The van der Waals surface area contributed by atoms with Crippen molar-refractivity contribution in [3.8, 4) is 5.75 Å². The molecule has 2 N–H and O–H groups in total. The van der Waals surface area contributed by atoms with Gasteiger partial charge in [0, 0.05) is 0 Å². The molecule has 0 radical (unpaired) electrons. The minimum atomic E-state index is -1.20. The van der Waals surface area contributed by atoms with Crippen molar-refractivity contribution in [2.75, 3.05) is 20.3 Å². The van der Waals surface area contributed by atoms with E-state index in [9.17, 15) is 10.2 Å². The fourth-order valence-corrected chi connectivity index (χ4v) is 2.63. The number of aliphatic hydroxyl groups is 2. The van der Waals surface area contributed by atoms with Crippen LogP contribution in [0.5, 0.6) is 5.75 Å². The van der Waals surface area contributed by atoms with Gasteiger partial charge in [-0.2, -0.15) is 0 Å². The normalized spacial score (nSPS) is 38.7. The second kappa shape index (κ2) is 4.20. The number of aliphatic hydroxyl groups excluding tert-OH is 1. The van der Waals surface area contributed by atoms with Crippen LogP contribution >= 0.6 is 0 Å². The van der Waals surface area contributed by atoms with E-state index in [0.717, 1.165) is 5.75 Å². The van der Waals surface area contributed by atoms with Crippen molar-refractivity contribution in [3.63, 3.8) is 0 Å². The van der Waals surface area contributed by atoms with Gasteiger partial charge in [-0.05, 0) is 17.7 Å². The van der Waals surface area contributed by atoms with E-state index in [0.29, 0.717) is 5.56 Å². The summed E-state index contributed by atoms with van der Waals surface area (Å²) >= 11 is 0. The molecule has 0 unspecified atom stereocenters. The molecule has 18 heavy (non-hydrogen) atoms. The topological polar surface area (TPSA) is 68.2 Å². The SMILES string of the molecule is COc1ccc([C@@]2(O)CO[C@@H]3[C@@H](O)CO[C@@H]32)cc1. The Morgan fingerprint density at radius 2 is 2.00 bits per heavy atom. The van der Waals surface area contributed by atoms with E-state index in [4.69, 9.17) is 14.2 Å². The molecule has 2 aliphatic rings. The van der Waals surface area contributed by atoms with Crippen LogP contribution in [0.1, 0.15) is 5.56 Å². The summed E-state index contributed by atoms with van der Waals surface area (Å²) in [6, 6.07) is 7.15. The molecule has 0 aliphatic carbocycles. The lowest BCUT2D eigenvalue weighted by molar-refractivity contribution is -0.0738. The Hall–Kier alpha value is -1.14. The number of hydrogen-bond donors (Lipinski definition) is 2. The molecule has 3 rings (SSSR count). The molecule has 0 saturated carbocycles. The molecule has 0 spiro atoms. The van der Waals surface area contributed by atoms with E-state index in [1.54, 1.807) is 31.4 Å². The summed E-state index contributed by atoms with van der Waals surface area (Å²) < 4.78 is 16.0. The minimum Gasteiger partial charge on any atom is -0.497 e. The predicted molar refractivity (Wildman–Crippen MR) is 62.4 cm³/mol. The Kier molecular flexibility index (Phi) is 2.79. The maximum atomic E-state index is 10.7. The fourth-order valence-electron chi connectivity index (χ4n) is 2.63. The molecular weight excluding hydrogens is 236 g/mol. The number of benzene rings is 1. The summed E-state index contributed by atoms with van der Waals surface area (Å²) in [7, 11) is 1.59. The van der Waals surface area contributed by atoms with Gasteiger partial charge in [-0.3, -0.25) is 0 Å². The van der Waals surface area contributed by atoms with E-state index in [2.05, 4.69) is 0 Å². The number of ether oxygens (including phenoxy) is 3. The lowest BCUT2D eigenvalue weighted by Crippen LogP contribution is -2.41. The maximum absolute atomic E-state index is 10.7. The fraction of sp³-hybridized carbons (Fsp3) is 0.538. The summed E-state index contributed by atoms with van der Waals surface area (Å²) in [5.41, 5.74) is -0.487. The summed E-state index contributed by atoms with van der Waals surface area (Å²) in [6.45, 7) is 0.333. The Bertz CT molecular complexity index is 432. The van der Waals surface area contributed by atoms with Gasteiger partial charge in [-0.1, -0.05) is 12.1 Å². The monoisotopic (exact) mass is 252 g/mol. The van der Waals surface area contributed by atoms with E-state index >= 15 is 0 Å². The molecule has 1 aromatic rings. The van der Waals surface area contributed by atoms with Crippen molar-refractivity contribution in [2.45, 2.75) is 23.9 Å². The number of hydrogen-bond acceptors (Lipinski definition) is 5. The van der Waals surface area contributed by atoms with Crippen molar-refractivity contribution >= 4 is 0 Å². The summed E-state index contributed by atoms with van der Waals surface area (Å²) in [4.78, 5) is 0. The number of fused-ring (bicyclic) bond motifs is 1. The van der Waals surface area contributed by atoms with Gasteiger partial charge >= 0.3 is 0 Å². The highest BCUT2D eigenvalue weighted by Gasteiger charge is 2.56. The smallest absolute Gasteiger partial charge is 0.141 e. The van der Waals surface area contributed by atoms with Gasteiger partial charge in [0.15, 0.2) is 0 Å². The molecule has 2 saturated heterocycles. The van der Waals surface area contributed by atoms with Crippen LogP contribution in [0.2, 0.25) is 0 Å². The minimum absolute atomic E-state index is 0.131. The summed E-state index contributed by atoms with van der Waals surface area (Å²) in [6.07, 6.45) is -1.62. The van der Waals surface area contributed by atoms with Crippen molar-refractivity contribution in [3.05, 3.63) is 29.8 Å². The van der Waals surface area contributed by atoms with Crippen molar-refractivity contribution < 1.29 is 24.4 Å². The van der Waals surface area contributed by atoms with Crippen LogP contribution in [-0.2, 0) is 15.1 Å². The third-order valence-corrected chi connectivity index (χ3v) is 3.68. The molecule has 0 aromatic heterocycles. The summed E-state index contributed by atoms with van der Waals surface area (Å²) in [5.74, 6) is 0.727. The van der Waals surface area contributed by atoms with E-state index in [1.807, 2.05) is 0 Å². The lowest BCUT2D eigenvalue weighted by atomic mass is 9.88. The third-order valence-electron chi connectivity index (χ3n) is 3.68. The second-order valence-electron chi connectivity index (χ2n) is 4.75. The molecule has 4 atom stereocenters. The van der Waals surface area contributed by atoms with Crippen LogP contribution < -0.4 is 4.74 Å². The van der Waals surface area contributed by atoms with Crippen LogP contribution in [0, 0.1) is 0 Å². The Morgan fingerprint density at radius 1 is 1.28 bits per heavy atom. The lowest BCUT2D eigenvalue weighted by Gasteiger charge is -2.27. The quantitative estimate of drug-likeness (QED) is 0.778. The average molecular weight is 252 g/mol. The zero-order valence-electron chi connectivity index (χ0n) is 10.1. The molecule has 2 fully saturated rings. The Labute approximate surface area is 105 Å². The first-order valence-electron chi connectivity index (χ1n) is 5.93. The zero-order valence-corrected chi connectivity index (χ0v) is 10.1. The van der Waals surface area contributed by atoms with Gasteiger partial charge in [-0.15, -0.1) is 0 Å². The predicted octanol–water partition coefficient (Wildman–Crippen LogP) is 0.0413.